The van der Waals surface area contributed by atoms with Crippen molar-refractivity contribution >= 4 is 5.82 Å². The summed E-state index contributed by atoms with van der Waals surface area (Å²) in [6, 6.07) is 2.08. The summed E-state index contributed by atoms with van der Waals surface area (Å²) >= 11 is 0. The average molecular weight is 165 g/mol. The van der Waals surface area contributed by atoms with Gasteiger partial charge in [-0.1, -0.05) is 0 Å². The lowest BCUT2D eigenvalue weighted by molar-refractivity contribution is 0.503. The van der Waals surface area contributed by atoms with Gasteiger partial charge in [-0.3, -0.25) is 0 Å². The molecule has 0 amide bonds. The molecule has 64 valence electrons. The zero-order valence-electron chi connectivity index (χ0n) is 6.77. The van der Waals surface area contributed by atoms with Gasteiger partial charge < -0.3 is 5.73 Å². The Bertz CT molecular complexity index is 272. The van der Waals surface area contributed by atoms with E-state index in [0.29, 0.717) is 12.2 Å². The second-order valence-corrected chi connectivity index (χ2v) is 2.48. The molecule has 0 aliphatic rings. The number of unbranched alkanes of at least 4 members (excludes halogenated alkanes) is 2. The SMILES string of the molecule is N#CCCCCn1ncc(N)n1. The van der Waals surface area contributed by atoms with Gasteiger partial charge in [0.05, 0.1) is 18.8 Å². The summed E-state index contributed by atoms with van der Waals surface area (Å²) in [6.07, 6.45) is 3.92. The maximum atomic E-state index is 8.26. The van der Waals surface area contributed by atoms with Crippen LogP contribution in [0.25, 0.3) is 0 Å². The monoisotopic (exact) mass is 165 g/mol. The first-order valence-corrected chi connectivity index (χ1v) is 3.85. The first-order chi connectivity index (χ1) is 5.83. The average Bonchev–Trinajstić information content (AvgIpc) is 2.45. The molecule has 0 atom stereocenters. The fraction of sp³-hybridized carbons (Fsp3) is 0.571. The summed E-state index contributed by atoms with van der Waals surface area (Å²) < 4.78 is 0. The Morgan fingerprint density at radius 2 is 2.42 bits per heavy atom. The number of aryl methyl sites for hydroxylation is 1. The van der Waals surface area contributed by atoms with Crippen molar-refractivity contribution in [1.82, 2.24) is 15.0 Å². The van der Waals surface area contributed by atoms with Crippen LogP contribution in [0.15, 0.2) is 6.20 Å². The number of aromatic nitrogens is 3. The van der Waals surface area contributed by atoms with Crippen LogP contribution in [0.1, 0.15) is 19.3 Å². The highest BCUT2D eigenvalue weighted by atomic mass is 15.5. The highest BCUT2D eigenvalue weighted by Crippen LogP contribution is 1.97. The van der Waals surface area contributed by atoms with E-state index in [4.69, 9.17) is 11.0 Å². The summed E-state index contributed by atoms with van der Waals surface area (Å²) in [6.45, 7) is 0.735. The topological polar surface area (TPSA) is 80.5 Å². The molecule has 0 aliphatic carbocycles. The van der Waals surface area contributed by atoms with Crippen LogP contribution in [0.2, 0.25) is 0 Å². The lowest BCUT2D eigenvalue weighted by Crippen LogP contribution is -2.02. The van der Waals surface area contributed by atoms with Crippen LogP contribution in [-0.2, 0) is 6.54 Å². The van der Waals surface area contributed by atoms with E-state index >= 15 is 0 Å². The number of nitrogen functional groups attached to an aromatic ring is 1. The quantitative estimate of drug-likeness (QED) is 0.661. The molecule has 1 rings (SSSR count). The molecule has 0 aromatic carbocycles. The van der Waals surface area contributed by atoms with Crippen LogP contribution in [0.4, 0.5) is 5.82 Å². The number of nitrogens with two attached hydrogens (primary N) is 1. The minimum atomic E-state index is 0.440. The number of nitriles is 1. The molecule has 1 aromatic rings. The first-order valence-electron chi connectivity index (χ1n) is 3.85. The van der Waals surface area contributed by atoms with Gasteiger partial charge in [0.1, 0.15) is 0 Å². The summed E-state index contributed by atoms with van der Waals surface area (Å²) in [4.78, 5) is 1.55. The second kappa shape index (κ2) is 4.34. The third-order valence-electron chi connectivity index (χ3n) is 1.45. The van der Waals surface area contributed by atoms with Gasteiger partial charge in [0.25, 0.3) is 0 Å². The minimum Gasteiger partial charge on any atom is -0.381 e. The van der Waals surface area contributed by atoms with Gasteiger partial charge in [-0.15, -0.1) is 5.10 Å². The van der Waals surface area contributed by atoms with Crippen LogP contribution < -0.4 is 5.73 Å². The van der Waals surface area contributed by atoms with Crippen molar-refractivity contribution in [3.8, 4) is 6.07 Å². The predicted molar refractivity (Wildman–Crippen MR) is 43.9 cm³/mol. The molecule has 0 saturated carbocycles. The third kappa shape index (κ3) is 2.58. The van der Waals surface area contributed by atoms with Crippen molar-refractivity contribution < 1.29 is 0 Å². The van der Waals surface area contributed by atoms with Gasteiger partial charge in [-0.05, 0) is 12.8 Å². The second-order valence-electron chi connectivity index (χ2n) is 2.48. The molecule has 1 heterocycles. The molecule has 0 unspecified atom stereocenters. The van der Waals surface area contributed by atoms with E-state index in [1.165, 1.54) is 6.20 Å². The predicted octanol–water partition coefficient (Wildman–Crippen LogP) is 0.554. The van der Waals surface area contributed by atoms with E-state index in [1.54, 1.807) is 4.80 Å². The molecular formula is C7H11N5. The van der Waals surface area contributed by atoms with Crippen LogP contribution in [0, 0.1) is 11.3 Å². The number of nitrogens with zero attached hydrogens (tertiary/aromatic N) is 4. The van der Waals surface area contributed by atoms with Gasteiger partial charge in [0.2, 0.25) is 0 Å². The maximum absolute atomic E-state index is 8.26. The standard InChI is InChI=1S/C7H11N5/c8-4-2-1-3-5-12-10-6-7(9)11-12/h6H,1-3,5H2,(H2,9,11). The maximum Gasteiger partial charge on any atom is 0.165 e. The Labute approximate surface area is 70.8 Å². The van der Waals surface area contributed by atoms with Gasteiger partial charge in [0.15, 0.2) is 5.82 Å². The highest BCUT2D eigenvalue weighted by Gasteiger charge is 1.94. The van der Waals surface area contributed by atoms with Crippen LogP contribution >= 0.6 is 0 Å². The Morgan fingerprint density at radius 3 is 3.00 bits per heavy atom. The van der Waals surface area contributed by atoms with E-state index in [-0.39, 0.29) is 0 Å². The number of anilines is 1. The summed E-state index contributed by atoms with van der Waals surface area (Å²) in [5, 5.41) is 16.1. The number of hydrogen-bond acceptors (Lipinski definition) is 4. The van der Waals surface area contributed by atoms with Gasteiger partial charge in [0, 0.05) is 6.42 Å². The molecule has 0 bridgehead atoms. The highest BCUT2D eigenvalue weighted by molar-refractivity contribution is 5.19. The number of hydrogen-bond donors (Lipinski definition) is 1. The zero-order valence-corrected chi connectivity index (χ0v) is 6.77. The summed E-state index contributed by atoms with van der Waals surface area (Å²) in [5.41, 5.74) is 5.36. The largest absolute Gasteiger partial charge is 0.381 e. The molecule has 5 heteroatoms. The van der Waals surface area contributed by atoms with Crippen molar-refractivity contribution in [1.29, 1.82) is 5.26 Å². The van der Waals surface area contributed by atoms with Crippen molar-refractivity contribution in [3.05, 3.63) is 6.20 Å². The van der Waals surface area contributed by atoms with Gasteiger partial charge >= 0.3 is 0 Å². The zero-order chi connectivity index (χ0) is 8.81. The summed E-state index contributed by atoms with van der Waals surface area (Å²) in [7, 11) is 0. The van der Waals surface area contributed by atoms with Crippen LogP contribution in [-0.4, -0.2) is 15.0 Å². The molecular weight excluding hydrogens is 154 g/mol. The third-order valence-corrected chi connectivity index (χ3v) is 1.45. The van der Waals surface area contributed by atoms with Crippen molar-refractivity contribution in [2.75, 3.05) is 5.73 Å². The van der Waals surface area contributed by atoms with E-state index in [2.05, 4.69) is 16.3 Å². The molecule has 2 N–H and O–H groups in total. The van der Waals surface area contributed by atoms with E-state index < -0.39 is 0 Å². The van der Waals surface area contributed by atoms with Gasteiger partial charge in [-0.2, -0.15) is 15.2 Å². The Morgan fingerprint density at radius 1 is 1.58 bits per heavy atom. The molecule has 0 radical (unpaired) electrons. The lowest BCUT2D eigenvalue weighted by Gasteiger charge is -1.95. The first kappa shape index (κ1) is 8.53. The minimum absolute atomic E-state index is 0.440. The fourth-order valence-corrected chi connectivity index (χ4v) is 0.876. The van der Waals surface area contributed by atoms with Crippen molar-refractivity contribution in [2.45, 2.75) is 25.8 Å². The molecule has 1 aromatic heterocycles. The van der Waals surface area contributed by atoms with Crippen molar-refractivity contribution in [2.24, 2.45) is 0 Å². The Kier molecular flexibility index (Phi) is 3.08. The van der Waals surface area contributed by atoms with Crippen LogP contribution in [0.5, 0.6) is 0 Å². The van der Waals surface area contributed by atoms with E-state index in [0.717, 1.165) is 19.4 Å². The van der Waals surface area contributed by atoms with E-state index in [9.17, 15) is 0 Å². The Hall–Kier alpha value is -1.57. The fourth-order valence-electron chi connectivity index (χ4n) is 0.876. The van der Waals surface area contributed by atoms with E-state index in [1.807, 2.05) is 0 Å². The molecule has 0 fully saturated rings. The normalized spacial score (nSPS) is 9.58. The molecule has 0 spiro atoms. The molecule has 5 nitrogen and oxygen atoms in total. The molecule has 0 saturated heterocycles. The summed E-state index contributed by atoms with van der Waals surface area (Å²) in [5.74, 6) is 0.440. The molecule has 12 heavy (non-hydrogen) atoms. The number of rotatable bonds is 4. The lowest BCUT2D eigenvalue weighted by atomic mass is 10.2. The Balaban J connectivity index is 2.21. The molecule has 0 aliphatic heterocycles. The van der Waals surface area contributed by atoms with Crippen molar-refractivity contribution in [3.63, 3.8) is 0 Å². The smallest absolute Gasteiger partial charge is 0.165 e. The van der Waals surface area contributed by atoms with Crippen LogP contribution in [0.3, 0.4) is 0 Å². The van der Waals surface area contributed by atoms with Gasteiger partial charge in [-0.25, -0.2) is 0 Å².